The second-order valence-electron chi connectivity index (χ2n) is 6.28. The van der Waals surface area contributed by atoms with Crippen LogP contribution in [-0.4, -0.2) is 40.7 Å². The fourth-order valence-electron chi connectivity index (χ4n) is 2.66. The Morgan fingerprint density at radius 1 is 1.21 bits per heavy atom. The third kappa shape index (κ3) is 6.44. The lowest BCUT2D eigenvalue weighted by molar-refractivity contribution is -0.146. The summed E-state index contributed by atoms with van der Waals surface area (Å²) in [6, 6.07) is 6.44. The highest BCUT2D eigenvalue weighted by Crippen LogP contribution is 2.25. The van der Waals surface area contributed by atoms with Gasteiger partial charge in [-0.25, -0.2) is 13.8 Å². The third-order valence-electron chi connectivity index (χ3n) is 4.09. The molecule has 0 aliphatic rings. The van der Waals surface area contributed by atoms with E-state index in [-0.39, 0.29) is 18.2 Å². The number of nitrogens with two attached hydrogens (primary N) is 2. The molecule has 0 aliphatic heterocycles. The Morgan fingerprint density at radius 3 is 2.59 bits per heavy atom. The van der Waals surface area contributed by atoms with Crippen molar-refractivity contribution in [3.8, 4) is 11.5 Å². The predicted octanol–water partition coefficient (Wildman–Crippen LogP) is 2.56. The number of aryl methyl sites for hydroxylation is 1. The number of aromatic nitrogens is 2. The summed E-state index contributed by atoms with van der Waals surface area (Å²) in [7, 11) is 0. The van der Waals surface area contributed by atoms with Crippen LogP contribution in [0.4, 0.5) is 20.5 Å². The van der Waals surface area contributed by atoms with E-state index in [0.717, 1.165) is 0 Å². The van der Waals surface area contributed by atoms with Gasteiger partial charge in [-0.15, -0.1) is 0 Å². The number of halogens is 2. The molecule has 0 aliphatic carbocycles. The number of rotatable bonds is 11. The fourth-order valence-corrected chi connectivity index (χ4v) is 2.66. The summed E-state index contributed by atoms with van der Waals surface area (Å²) < 4.78 is 36.9. The first-order valence-electron chi connectivity index (χ1n) is 9.09. The summed E-state index contributed by atoms with van der Waals surface area (Å²) in [6.07, 6.45) is -2.10. The molecule has 8 nitrogen and oxygen atoms in total. The minimum absolute atomic E-state index is 0.0897. The Labute approximate surface area is 166 Å². The van der Waals surface area contributed by atoms with E-state index in [9.17, 15) is 13.6 Å². The van der Waals surface area contributed by atoms with E-state index >= 15 is 0 Å². The maximum Gasteiger partial charge on any atom is 0.312 e. The summed E-state index contributed by atoms with van der Waals surface area (Å²) in [6.45, 7) is 2.50. The van der Waals surface area contributed by atoms with Crippen molar-refractivity contribution in [2.75, 3.05) is 24.7 Å². The van der Waals surface area contributed by atoms with Crippen molar-refractivity contribution in [1.29, 1.82) is 0 Å². The van der Waals surface area contributed by atoms with Gasteiger partial charge in [-0.2, -0.15) is 4.98 Å². The number of nitrogens with zero attached hydrogens (tertiary/aromatic N) is 2. The van der Waals surface area contributed by atoms with E-state index in [4.69, 9.17) is 26.0 Å². The Bertz CT molecular complexity index is 836. The molecule has 1 heterocycles. The first kappa shape index (κ1) is 22.1. The van der Waals surface area contributed by atoms with Crippen LogP contribution in [-0.2, 0) is 17.6 Å². The van der Waals surface area contributed by atoms with Gasteiger partial charge in [0.05, 0.1) is 18.9 Å². The lowest BCUT2D eigenvalue weighted by Gasteiger charge is -2.13. The highest BCUT2D eigenvalue weighted by Gasteiger charge is 2.28. The van der Waals surface area contributed by atoms with E-state index in [1.807, 2.05) is 6.92 Å². The maximum atomic E-state index is 12.8. The van der Waals surface area contributed by atoms with E-state index in [1.54, 1.807) is 24.3 Å². The van der Waals surface area contributed by atoms with Gasteiger partial charge in [0.2, 0.25) is 5.95 Å². The van der Waals surface area contributed by atoms with Crippen LogP contribution >= 0.6 is 0 Å². The number of hydrogen-bond donors (Lipinski definition) is 3. The van der Waals surface area contributed by atoms with Crippen molar-refractivity contribution < 1.29 is 28.2 Å². The van der Waals surface area contributed by atoms with Crippen LogP contribution in [0.15, 0.2) is 24.3 Å². The van der Waals surface area contributed by atoms with E-state index < -0.39 is 18.3 Å². The van der Waals surface area contributed by atoms with Gasteiger partial charge in [-0.1, -0.05) is 19.1 Å². The molecule has 1 atom stereocenters. The number of aliphatic carboxylic acids is 1. The van der Waals surface area contributed by atoms with E-state index in [1.165, 1.54) is 0 Å². The first-order valence-corrected chi connectivity index (χ1v) is 9.09. The second-order valence-corrected chi connectivity index (χ2v) is 6.28. The quantitative estimate of drug-likeness (QED) is 0.481. The van der Waals surface area contributed by atoms with Crippen molar-refractivity contribution in [2.24, 2.45) is 5.92 Å². The van der Waals surface area contributed by atoms with Crippen LogP contribution < -0.4 is 20.9 Å². The molecule has 2 aromatic rings. The van der Waals surface area contributed by atoms with E-state index in [0.29, 0.717) is 48.8 Å². The van der Waals surface area contributed by atoms with E-state index in [2.05, 4.69) is 9.97 Å². The maximum absolute atomic E-state index is 12.8. The standard InChI is InChI=1S/C19H24F2N4O4/c1-2-14-15(17(22)25-19(23)24-14)29-8-4-7-28-12-6-3-5-11(9-12)10-13(16(20)21)18(26)27/h3,5-6,9,13,16H,2,4,7-8,10H2,1H3,(H,26,27)(H4,22,23,24,25)/t13-/m0/s1. The highest BCUT2D eigenvalue weighted by atomic mass is 19.3. The molecule has 0 unspecified atom stereocenters. The zero-order valence-corrected chi connectivity index (χ0v) is 16.0. The van der Waals surface area contributed by atoms with Gasteiger partial charge < -0.3 is 26.0 Å². The minimum atomic E-state index is -2.94. The normalized spacial score (nSPS) is 12.0. The van der Waals surface area contributed by atoms with Crippen molar-refractivity contribution >= 4 is 17.7 Å². The Kier molecular flexibility index (Phi) is 7.93. The number of carboxylic acid groups (broad SMARTS) is 1. The molecule has 158 valence electrons. The molecule has 1 aromatic carbocycles. The van der Waals surface area contributed by atoms with Crippen LogP contribution in [0.3, 0.4) is 0 Å². The second kappa shape index (κ2) is 10.4. The average molecular weight is 410 g/mol. The Hall–Kier alpha value is -3.17. The number of carboxylic acids is 1. The average Bonchev–Trinajstić information content (AvgIpc) is 2.66. The van der Waals surface area contributed by atoms with Crippen molar-refractivity contribution in [3.63, 3.8) is 0 Å². The number of hydrogen-bond acceptors (Lipinski definition) is 7. The molecule has 0 spiro atoms. The zero-order chi connectivity index (χ0) is 21.4. The molecule has 2 rings (SSSR count). The van der Waals surface area contributed by atoms with Gasteiger partial charge in [-0.3, -0.25) is 4.79 Å². The van der Waals surface area contributed by atoms with Gasteiger partial charge in [0, 0.05) is 6.42 Å². The number of ether oxygens (including phenoxy) is 2. The van der Waals surface area contributed by atoms with Crippen LogP contribution in [0.1, 0.15) is 24.6 Å². The van der Waals surface area contributed by atoms with Gasteiger partial charge >= 0.3 is 5.97 Å². The molecule has 0 amide bonds. The van der Waals surface area contributed by atoms with Gasteiger partial charge in [0.15, 0.2) is 11.6 Å². The number of anilines is 2. The molecular formula is C19H24F2N4O4. The molecule has 0 bridgehead atoms. The van der Waals surface area contributed by atoms with Crippen LogP contribution in [0.2, 0.25) is 0 Å². The molecular weight excluding hydrogens is 386 g/mol. The molecule has 0 saturated carbocycles. The number of carbonyl (C=O) groups is 1. The van der Waals surface area contributed by atoms with Crippen molar-refractivity contribution in [1.82, 2.24) is 9.97 Å². The van der Waals surface area contributed by atoms with Gasteiger partial charge in [0.1, 0.15) is 11.7 Å². The fraction of sp³-hybridized carbons (Fsp3) is 0.421. The number of nitrogen functional groups attached to an aromatic ring is 2. The third-order valence-corrected chi connectivity index (χ3v) is 4.09. The molecule has 1 aromatic heterocycles. The lowest BCUT2D eigenvalue weighted by atomic mass is 10.00. The molecule has 10 heteroatoms. The summed E-state index contributed by atoms with van der Waals surface area (Å²) in [4.78, 5) is 18.9. The van der Waals surface area contributed by atoms with Crippen LogP contribution in [0.5, 0.6) is 11.5 Å². The summed E-state index contributed by atoms with van der Waals surface area (Å²) >= 11 is 0. The summed E-state index contributed by atoms with van der Waals surface area (Å²) in [5, 5.41) is 8.89. The monoisotopic (exact) mass is 410 g/mol. The lowest BCUT2D eigenvalue weighted by Crippen LogP contribution is -2.24. The topological polar surface area (TPSA) is 134 Å². The Balaban J connectivity index is 1.85. The number of alkyl halides is 2. The zero-order valence-electron chi connectivity index (χ0n) is 16.0. The first-order chi connectivity index (χ1) is 13.8. The molecule has 5 N–H and O–H groups in total. The molecule has 29 heavy (non-hydrogen) atoms. The number of benzene rings is 1. The van der Waals surface area contributed by atoms with Gasteiger partial charge in [-0.05, 0) is 30.5 Å². The van der Waals surface area contributed by atoms with Crippen molar-refractivity contribution in [3.05, 3.63) is 35.5 Å². The van der Waals surface area contributed by atoms with Crippen molar-refractivity contribution in [2.45, 2.75) is 32.6 Å². The molecule has 0 fully saturated rings. The predicted molar refractivity (Wildman–Crippen MR) is 103 cm³/mol. The smallest absolute Gasteiger partial charge is 0.312 e. The van der Waals surface area contributed by atoms with Gasteiger partial charge in [0.25, 0.3) is 6.43 Å². The minimum Gasteiger partial charge on any atom is -0.493 e. The molecule has 0 saturated heterocycles. The highest BCUT2D eigenvalue weighted by molar-refractivity contribution is 5.71. The largest absolute Gasteiger partial charge is 0.493 e. The summed E-state index contributed by atoms with van der Waals surface area (Å²) in [5.74, 6) is -2.15. The molecule has 0 radical (unpaired) electrons. The Morgan fingerprint density at radius 2 is 1.93 bits per heavy atom. The van der Waals surface area contributed by atoms with Crippen LogP contribution in [0.25, 0.3) is 0 Å². The summed E-state index contributed by atoms with van der Waals surface area (Å²) in [5.41, 5.74) is 12.5. The SMILES string of the molecule is CCc1nc(N)nc(N)c1OCCCOc1cccc(C[C@H](C(=O)O)C(F)F)c1. The van der Waals surface area contributed by atoms with Crippen LogP contribution in [0, 0.1) is 5.92 Å².